The number of hydrogen-bond acceptors (Lipinski definition) is 5. The van der Waals surface area contributed by atoms with Crippen molar-refractivity contribution in [1.29, 1.82) is 0 Å². The molecule has 0 atom stereocenters. The lowest BCUT2D eigenvalue weighted by atomic mass is 10.4. The maximum Gasteiger partial charge on any atom is 0.246 e. The molecule has 0 bridgehead atoms. The summed E-state index contributed by atoms with van der Waals surface area (Å²) in [4.78, 5) is 7.57. The Labute approximate surface area is 149 Å². The first-order valence-electron chi connectivity index (χ1n) is 7.01. The third-order valence-electron chi connectivity index (χ3n) is 3.64. The fourth-order valence-corrected chi connectivity index (χ4v) is 5.79. The van der Waals surface area contributed by atoms with Gasteiger partial charge in [0.2, 0.25) is 10.0 Å². The Balaban J connectivity index is 1.79. The monoisotopic (exact) mass is 391 g/mol. The van der Waals surface area contributed by atoms with E-state index in [1.54, 1.807) is 17.4 Å². The van der Waals surface area contributed by atoms with Crippen LogP contribution in [0.15, 0.2) is 29.3 Å². The molecule has 1 aromatic carbocycles. The highest BCUT2D eigenvalue weighted by atomic mass is 35.5. The summed E-state index contributed by atoms with van der Waals surface area (Å²) in [6, 6.07) is 4.70. The van der Waals surface area contributed by atoms with Crippen molar-refractivity contribution in [1.82, 2.24) is 9.29 Å². The number of thiazole rings is 1. The van der Waals surface area contributed by atoms with Crippen molar-refractivity contribution in [3.05, 3.63) is 39.3 Å². The van der Waals surface area contributed by atoms with Crippen LogP contribution in [-0.4, -0.2) is 43.9 Å². The number of aryl methyl sites for hydroxylation is 1. The van der Waals surface area contributed by atoms with Crippen LogP contribution in [0.4, 0.5) is 5.13 Å². The van der Waals surface area contributed by atoms with Gasteiger partial charge in [-0.15, -0.1) is 11.3 Å². The summed E-state index contributed by atoms with van der Waals surface area (Å²) in [6.45, 7) is 3.94. The van der Waals surface area contributed by atoms with Crippen molar-refractivity contribution in [2.75, 3.05) is 31.1 Å². The summed E-state index contributed by atoms with van der Waals surface area (Å²) < 4.78 is 27.0. The maximum absolute atomic E-state index is 12.8. The van der Waals surface area contributed by atoms with Crippen LogP contribution in [0.2, 0.25) is 10.0 Å². The van der Waals surface area contributed by atoms with Gasteiger partial charge in [-0.2, -0.15) is 4.31 Å². The van der Waals surface area contributed by atoms with E-state index in [0.29, 0.717) is 26.2 Å². The second-order valence-electron chi connectivity index (χ2n) is 5.20. The van der Waals surface area contributed by atoms with Gasteiger partial charge in [-0.1, -0.05) is 29.3 Å². The number of nitrogens with zero attached hydrogens (tertiary/aromatic N) is 3. The van der Waals surface area contributed by atoms with Crippen LogP contribution >= 0.6 is 34.5 Å². The summed E-state index contributed by atoms with van der Waals surface area (Å²) in [6.07, 6.45) is 1.83. The topological polar surface area (TPSA) is 53.5 Å². The summed E-state index contributed by atoms with van der Waals surface area (Å²) in [5.41, 5.74) is 0. The minimum Gasteiger partial charge on any atom is -0.345 e. The molecule has 0 amide bonds. The maximum atomic E-state index is 12.8. The minimum absolute atomic E-state index is 0.0122. The van der Waals surface area contributed by atoms with E-state index >= 15 is 0 Å². The number of halogens is 2. The third kappa shape index (κ3) is 3.34. The van der Waals surface area contributed by atoms with E-state index in [0.717, 1.165) is 10.0 Å². The van der Waals surface area contributed by atoms with Gasteiger partial charge in [0.1, 0.15) is 4.90 Å². The average Bonchev–Trinajstić information content (AvgIpc) is 2.93. The number of hydrogen-bond donors (Lipinski definition) is 0. The van der Waals surface area contributed by atoms with Crippen LogP contribution in [0.5, 0.6) is 0 Å². The molecular weight excluding hydrogens is 377 g/mol. The Kier molecular flexibility index (Phi) is 4.85. The van der Waals surface area contributed by atoms with Crippen LogP contribution in [0.3, 0.4) is 0 Å². The fourth-order valence-electron chi connectivity index (χ4n) is 2.47. The van der Waals surface area contributed by atoms with E-state index < -0.39 is 10.0 Å². The molecule has 0 aliphatic carbocycles. The second-order valence-corrected chi connectivity index (χ2v) is 9.10. The zero-order valence-corrected chi connectivity index (χ0v) is 15.5. The molecule has 23 heavy (non-hydrogen) atoms. The van der Waals surface area contributed by atoms with Crippen LogP contribution < -0.4 is 4.90 Å². The highest BCUT2D eigenvalue weighted by Gasteiger charge is 2.32. The third-order valence-corrected chi connectivity index (χ3v) is 7.46. The molecule has 5 nitrogen and oxygen atoms in total. The SMILES string of the molecule is Cc1cnc(N2CCN(S(=O)(=O)c3c(Cl)cccc3Cl)CC2)s1. The molecule has 3 rings (SSSR count). The summed E-state index contributed by atoms with van der Waals surface area (Å²) in [5.74, 6) is 0. The summed E-state index contributed by atoms with van der Waals surface area (Å²) in [5, 5.41) is 1.22. The molecule has 2 aromatic rings. The van der Waals surface area contributed by atoms with Crippen LogP contribution in [0, 0.1) is 6.92 Å². The molecule has 1 aliphatic heterocycles. The quantitative estimate of drug-likeness (QED) is 0.805. The van der Waals surface area contributed by atoms with Gasteiger partial charge < -0.3 is 4.90 Å². The molecule has 9 heteroatoms. The van der Waals surface area contributed by atoms with Crippen molar-refractivity contribution in [3.8, 4) is 0 Å². The highest BCUT2D eigenvalue weighted by Crippen LogP contribution is 2.32. The van der Waals surface area contributed by atoms with Crippen LogP contribution in [0.25, 0.3) is 0 Å². The number of benzene rings is 1. The van der Waals surface area contributed by atoms with E-state index in [1.807, 2.05) is 13.1 Å². The normalized spacial score (nSPS) is 16.7. The largest absolute Gasteiger partial charge is 0.345 e. The Morgan fingerprint density at radius 2 is 1.74 bits per heavy atom. The number of piperazine rings is 1. The van der Waals surface area contributed by atoms with E-state index in [9.17, 15) is 8.42 Å². The van der Waals surface area contributed by atoms with Crippen molar-refractivity contribution in [3.63, 3.8) is 0 Å². The molecule has 2 heterocycles. The molecule has 0 unspecified atom stereocenters. The fraction of sp³-hybridized carbons (Fsp3) is 0.357. The lowest BCUT2D eigenvalue weighted by Crippen LogP contribution is -2.48. The Bertz CT molecular complexity index is 795. The molecule has 0 N–H and O–H groups in total. The molecule has 1 saturated heterocycles. The first kappa shape index (κ1) is 17.0. The van der Waals surface area contributed by atoms with Gasteiger partial charge in [-0.05, 0) is 19.1 Å². The zero-order chi connectivity index (χ0) is 16.6. The lowest BCUT2D eigenvalue weighted by Gasteiger charge is -2.34. The summed E-state index contributed by atoms with van der Waals surface area (Å²) >= 11 is 13.7. The van der Waals surface area contributed by atoms with E-state index in [4.69, 9.17) is 23.2 Å². The predicted octanol–water partition coefficient (Wildman–Crippen LogP) is 3.27. The standard InChI is InChI=1S/C14H15Cl2N3O2S2/c1-10-9-17-14(22-10)18-5-7-19(8-6-18)23(20,21)13-11(15)3-2-4-12(13)16/h2-4,9H,5-8H2,1H3. The van der Waals surface area contributed by atoms with Crippen molar-refractivity contribution >= 4 is 49.7 Å². The first-order chi connectivity index (χ1) is 10.9. The summed E-state index contributed by atoms with van der Waals surface area (Å²) in [7, 11) is -3.70. The molecule has 0 spiro atoms. The molecule has 0 radical (unpaired) electrons. The van der Waals surface area contributed by atoms with Crippen molar-refractivity contribution in [2.45, 2.75) is 11.8 Å². The molecule has 124 valence electrons. The van der Waals surface area contributed by atoms with Gasteiger partial charge >= 0.3 is 0 Å². The smallest absolute Gasteiger partial charge is 0.246 e. The Morgan fingerprint density at radius 1 is 1.13 bits per heavy atom. The number of sulfonamides is 1. The van der Waals surface area contributed by atoms with E-state index in [1.165, 1.54) is 16.4 Å². The van der Waals surface area contributed by atoms with Gasteiger partial charge in [0.15, 0.2) is 5.13 Å². The molecule has 0 saturated carbocycles. The number of rotatable bonds is 3. The average molecular weight is 392 g/mol. The van der Waals surface area contributed by atoms with E-state index in [-0.39, 0.29) is 14.9 Å². The lowest BCUT2D eigenvalue weighted by molar-refractivity contribution is 0.385. The van der Waals surface area contributed by atoms with Crippen LogP contribution in [-0.2, 0) is 10.0 Å². The number of anilines is 1. The van der Waals surface area contributed by atoms with Crippen molar-refractivity contribution < 1.29 is 8.42 Å². The van der Waals surface area contributed by atoms with Gasteiger partial charge in [0, 0.05) is 37.3 Å². The molecular formula is C14H15Cl2N3O2S2. The van der Waals surface area contributed by atoms with Crippen LogP contribution in [0.1, 0.15) is 4.88 Å². The first-order valence-corrected chi connectivity index (χ1v) is 10.0. The molecule has 1 fully saturated rings. The highest BCUT2D eigenvalue weighted by molar-refractivity contribution is 7.89. The van der Waals surface area contributed by atoms with Gasteiger partial charge in [-0.3, -0.25) is 0 Å². The van der Waals surface area contributed by atoms with E-state index in [2.05, 4.69) is 9.88 Å². The van der Waals surface area contributed by atoms with Crippen molar-refractivity contribution in [2.24, 2.45) is 0 Å². The van der Waals surface area contributed by atoms with Gasteiger partial charge in [-0.25, -0.2) is 13.4 Å². The second kappa shape index (κ2) is 6.57. The van der Waals surface area contributed by atoms with Gasteiger partial charge in [0.05, 0.1) is 10.0 Å². The molecule has 1 aliphatic rings. The number of aromatic nitrogens is 1. The zero-order valence-electron chi connectivity index (χ0n) is 12.4. The minimum atomic E-state index is -3.70. The Hall–Kier alpha value is -0.860. The molecule has 1 aromatic heterocycles. The Morgan fingerprint density at radius 3 is 2.26 bits per heavy atom. The van der Waals surface area contributed by atoms with Gasteiger partial charge in [0.25, 0.3) is 0 Å². The predicted molar refractivity (Wildman–Crippen MR) is 94.3 cm³/mol.